The van der Waals surface area contributed by atoms with Crippen molar-refractivity contribution in [1.82, 2.24) is 9.97 Å². The number of methoxy groups -OCH3 is 2. The first-order valence-electron chi connectivity index (χ1n) is 7.89. The quantitative estimate of drug-likeness (QED) is 0.861. The fourth-order valence-electron chi connectivity index (χ4n) is 3.05. The number of nitriles is 1. The Bertz CT molecular complexity index is 712. The van der Waals surface area contributed by atoms with Gasteiger partial charge < -0.3 is 14.4 Å². The van der Waals surface area contributed by atoms with Crippen LogP contribution >= 0.6 is 0 Å². The van der Waals surface area contributed by atoms with Crippen LogP contribution in [0.2, 0.25) is 0 Å². The average Bonchev–Trinajstić information content (AvgIpc) is 2.68. The standard InChI is InChI=1S/C18H20N4O2/c1-23-15-12-16(24-2)21-17(20-15)22-10-8-18(13-19,9-11-22)14-6-4-3-5-7-14/h3-7,12H,8-11H2,1-2H3. The molecule has 6 nitrogen and oxygen atoms in total. The first-order chi connectivity index (χ1) is 11.7. The van der Waals surface area contributed by atoms with Crippen LogP contribution in [0.15, 0.2) is 36.4 Å². The second-order valence-corrected chi connectivity index (χ2v) is 5.80. The number of rotatable bonds is 4. The van der Waals surface area contributed by atoms with Crippen LogP contribution in [-0.2, 0) is 5.41 Å². The molecule has 0 radical (unpaired) electrons. The number of piperidine rings is 1. The van der Waals surface area contributed by atoms with Crippen molar-refractivity contribution >= 4 is 5.95 Å². The van der Waals surface area contributed by atoms with E-state index in [1.807, 2.05) is 30.3 Å². The molecule has 0 unspecified atom stereocenters. The van der Waals surface area contributed by atoms with E-state index in [1.165, 1.54) is 0 Å². The summed E-state index contributed by atoms with van der Waals surface area (Å²) < 4.78 is 10.4. The van der Waals surface area contributed by atoms with Crippen LogP contribution < -0.4 is 14.4 Å². The third-order valence-corrected chi connectivity index (χ3v) is 4.53. The minimum absolute atomic E-state index is 0.444. The molecule has 124 valence electrons. The van der Waals surface area contributed by atoms with E-state index < -0.39 is 5.41 Å². The molecule has 1 saturated heterocycles. The Labute approximate surface area is 141 Å². The average molecular weight is 324 g/mol. The highest BCUT2D eigenvalue weighted by molar-refractivity contribution is 5.41. The number of nitrogens with zero attached hydrogens (tertiary/aromatic N) is 4. The lowest BCUT2D eigenvalue weighted by Crippen LogP contribution is -2.42. The van der Waals surface area contributed by atoms with E-state index in [1.54, 1.807) is 20.3 Å². The molecule has 0 aliphatic carbocycles. The van der Waals surface area contributed by atoms with Gasteiger partial charge in [0.25, 0.3) is 0 Å². The fraction of sp³-hybridized carbons (Fsp3) is 0.389. The van der Waals surface area contributed by atoms with Gasteiger partial charge in [0.05, 0.1) is 31.8 Å². The van der Waals surface area contributed by atoms with Crippen molar-refractivity contribution in [3.05, 3.63) is 42.0 Å². The predicted molar refractivity (Wildman–Crippen MR) is 90.3 cm³/mol. The zero-order valence-electron chi connectivity index (χ0n) is 13.9. The van der Waals surface area contributed by atoms with Crippen LogP contribution in [0.25, 0.3) is 0 Å². The number of hydrogen-bond donors (Lipinski definition) is 0. The monoisotopic (exact) mass is 324 g/mol. The van der Waals surface area contributed by atoms with Crippen LogP contribution in [0.3, 0.4) is 0 Å². The fourth-order valence-corrected chi connectivity index (χ4v) is 3.05. The summed E-state index contributed by atoms with van der Waals surface area (Å²) in [5, 5.41) is 9.78. The maximum absolute atomic E-state index is 9.78. The lowest BCUT2D eigenvalue weighted by molar-refractivity contribution is 0.367. The van der Waals surface area contributed by atoms with E-state index >= 15 is 0 Å². The summed E-state index contributed by atoms with van der Waals surface area (Å²) in [6.45, 7) is 1.41. The van der Waals surface area contributed by atoms with Crippen molar-refractivity contribution in [1.29, 1.82) is 5.26 Å². The lowest BCUT2D eigenvalue weighted by Gasteiger charge is -2.37. The second kappa shape index (κ2) is 6.75. The molecule has 1 fully saturated rings. The van der Waals surface area contributed by atoms with E-state index in [9.17, 15) is 5.26 Å². The first-order valence-corrected chi connectivity index (χ1v) is 7.89. The van der Waals surface area contributed by atoms with Crippen LogP contribution in [0.1, 0.15) is 18.4 Å². The highest BCUT2D eigenvalue weighted by Crippen LogP contribution is 2.36. The van der Waals surface area contributed by atoms with Crippen molar-refractivity contribution < 1.29 is 9.47 Å². The summed E-state index contributed by atoms with van der Waals surface area (Å²) in [5.74, 6) is 1.51. The van der Waals surface area contributed by atoms with E-state index in [0.717, 1.165) is 18.4 Å². The van der Waals surface area contributed by atoms with Gasteiger partial charge in [-0.25, -0.2) is 0 Å². The Morgan fingerprint density at radius 1 is 1.04 bits per heavy atom. The van der Waals surface area contributed by atoms with E-state index in [4.69, 9.17) is 9.47 Å². The molecule has 1 aliphatic heterocycles. The third kappa shape index (κ3) is 2.98. The van der Waals surface area contributed by atoms with Gasteiger partial charge in [0.15, 0.2) is 0 Å². The Hall–Kier alpha value is -2.81. The normalized spacial score (nSPS) is 16.3. The van der Waals surface area contributed by atoms with Crippen molar-refractivity contribution in [2.45, 2.75) is 18.3 Å². The summed E-state index contributed by atoms with van der Waals surface area (Å²) in [5.41, 5.74) is 0.636. The summed E-state index contributed by atoms with van der Waals surface area (Å²) in [6.07, 6.45) is 1.47. The van der Waals surface area contributed by atoms with Gasteiger partial charge in [-0.2, -0.15) is 15.2 Å². The van der Waals surface area contributed by atoms with Gasteiger partial charge >= 0.3 is 0 Å². The molecule has 1 aromatic carbocycles. The van der Waals surface area contributed by atoms with E-state index in [2.05, 4.69) is 20.9 Å². The van der Waals surface area contributed by atoms with Gasteiger partial charge in [0.1, 0.15) is 0 Å². The Morgan fingerprint density at radius 2 is 1.62 bits per heavy atom. The van der Waals surface area contributed by atoms with Crippen LogP contribution in [0.5, 0.6) is 11.8 Å². The lowest BCUT2D eigenvalue weighted by atomic mass is 9.74. The molecule has 1 aliphatic rings. The minimum atomic E-state index is -0.444. The van der Waals surface area contributed by atoms with Gasteiger partial charge in [-0.05, 0) is 18.4 Å². The summed E-state index contributed by atoms with van der Waals surface area (Å²) >= 11 is 0. The van der Waals surface area contributed by atoms with Crippen molar-refractivity contribution in [2.24, 2.45) is 0 Å². The van der Waals surface area contributed by atoms with Crippen molar-refractivity contribution in [2.75, 3.05) is 32.2 Å². The van der Waals surface area contributed by atoms with Gasteiger partial charge in [-0.1, -0.05) is 30.3 Å². The predicted octanol–water partition coefficient (Wildman–Crippen LogP) is 2.56. The highest BCUT2D eigenvalue weighted by atomic mass is 16.5. The molecule has 0 N–H and O–H groups in total. The number of ether oxygens (including phenoxy) is 2. The maximum atomic E-state index is 9.78. The van der Waals surface area contributed by atoms with E-state index in [-0.39, 0.29) is 0 Å². The van der Waals surface area contributed by atoms with Crippen molar-refractivity contribution in [3.8, 4) is 17.8 Å². The summed E-state index contributed by atoms with van der Waals surface area (Å²) in [4.78, 5) is 10.9. The molecule has 3 rings (SSSR count). The molecule has 2 heterocycles. The Kier molecular flexibility index (Phi) is 4.52. The highest BCUT2D eigenvalue weighted by Gasteiger charge is 2.37. The minimum Gasteiger partial charge on any atom is -0.481 e. The zero-order valence-corrected chi connectivity index (χ0v) is 13.9. The SMILES string of the molecule is COc1cc(OC)nc(N2CCC(C#N)(c3ccccc3)CC2)n1. The number of anilines is 1. The maximum Gasteiger partial charge on any atom is 0.231 e. The molecular formula is C18H20N4O2. The Balaban J connectivity index is 1.81. The molecule has 0 amide bonds. The molecule has 0 bridgehead atoms. The molecular weight excluding hydrogens is 304 g/mol. The molecule has 1 aromatic heterocycles. The zero-order chi connectivity index (χ0) is 17.0. The van der Waals surface area contributed by atoms with Gasteiger partial charge in [-0.15, -0.1) is 0 Å². The summed E-state index contributed by atoms with van der Waals surface area (Å²) in [6, 6.07) is 14.2. The topological polar surface area (TPSA) is 71.3 Å². The molecule has 0 spiro atoms. The molecule has 2 aromatic rings. The van der Waals surface area contributed by atoms with Crippen LogP contribution in [0.4, 0.5) is 5.95 Å². The van der Waals surface area contributed by atoms with Crippen LogP contribution in [-0.4, -0.2) is 37.3 Å². The number of benzene rings is 1. The molecule has 24 heavy (non-hydrogen) atoms. The van der Waals surface area contributed by atoms with Crippen LogP contribution in [0, 0.1) is 11.3 Å². The van der Waals surface area contributed by atoms with E-state index in [0.29, 0.717) is 30.8 Å². The Morgan fingerprint density at radius 3 is 2.12 bits per heavy atom. The molecule has 0 atom stereocenters. The number of aromatic nitrogens is 2. The second-order valence-electron chi connectivity index (χ2n) is 5.80. The number of hydrogen-bond acceptors (Lipinski definition) is 6. The van der Waals surface area contributed by atoms with Gasteiger partial charge in [0.2, 0.25) is 17.7 Å². The molecule has 0 saturated carbocycles. The van der Waals surface area contributed by atoms with Gasteiger partial charge in [-0.3, -0.25) is 0 Å². The summed E-state index contributed by atoms with van der Waals surface area (Å²) in [7, 11) is 3.13. The largest absolute Gasteiger partial charge is 0.481 e. The smallest absolute Gasteiger partial charge is 0.231 e. The van der Waals surface area contributed by atoms with Crippen molar-refractivity contribution in [3.63, 3.8) is 0 Å². The third-order valence-electron chi connectivity index (χ3n) is 4.53. The first kappa shape index (κ1) is 16.1. The van der Waals surface area contributed by atoms with Gasteiger partial charge in [0, 0.05) is 13.1 Å². The molecule has 6 heteroatoms.